The summed E-state index contributed by atoms with van der Waals surface area (Å²) in [5, 5.41) is 9.10. The Morgan fingerprint density at radius 2 is 1.76 bits per heavy atom. The van der Waals surface area contributed by atoms with Gasteiger partial charge in [0.15, 0.2) is 0 Å². The van der Waals surface area contributed by atoms with E-state index in [0.717, 1.165) is 42.4 Å². The summed E-state index contributed by atoms with van der Waals surface area (Å²) in [6.07, 6.45) is 18.8. The molecule has 0 bridgehead atoms. The molecule has 0 heterocycles. The molecular formula is C27H44O2. The molecule has 0 aromatic carbocycles. The molecule has 4 rings (SSSR count). The highest BCUT2D eigenvalue weighted by Gasteiger charge is 2.59. The number of fused-ring (bicyclic) bond motifs is 5. The summed E-state index contributed by atoms with van der Waals surface area (Å²) in [5.41, 5.74) is 1.68. The van der Waals surface area contributed by atoms with Crippen molar-refractivity contribution in [1.82, 2.24) is 0 Å². The van der Waals surface area contributed by atoms with Gasteiger partial charge in [-0.1, -0.05) is 39.7 Å². The number of rotatable bonds is 5. The normalized spacial score (nSPS) is 45.8. The van der Waals surface area contributed by atoms with Gasteiger partial charge < -0.3 is 5.11 Å². The number of hydrogen-bond acceptors (Lipinski definition) is 1. The van der Waals surface area contributed by atoms with Gasteiger partial charge in [-0.05, 0) is 117 Å². The van der Waals surface area contributed by atoms with E-state index in [9.17, 15) is 4.79 Å². The lowest BCUT2D eigenvalue weighted by atomic mass is 9.44. The summed E-state index contributed by atoms with van der Waals surface area (Å²) in [6, 6.07) is 0. The fraction of sp³-hybridized carbons (Fsp3) is 0.889. The van der Waals surface area contributed by atoms with Crippen molar-refractivity contribution in [3.63, 3.8) is 0 Å². The average molecular weight is 401 g/mol. The van der Waals surface area contributed by atoms with Gasteiger partial charge in [0.05, 0.1) is 0 Å². The van der Waals surface area contributed by atoms with Gasteiger partial charge in [0, 0.05) is 5.57 Å². The van der Waals surface area contributed by atoms with Gasteiger partial charge in [-0.25, -0.2) is 4.79 Å². The Balaban J connectivity index is 1.45. The lowest BCUT2D eigenvalue weighted by Gasteiger charge is -2.61. The molecule has 2 heteroatoms. The van der Waals surface area contributed by atoms with E-state index < -0.39 is 5.97 Å². The van der Waals surface area contributed by atoms with E-state index in [-0.39, 0.29) is 0 Å². The van der Waals surface area contributed by atoms with Crippen molar-refractivity contribution in [1.29, 1.82) is 0 Å². The first-order valence-corrected chi connectivity index (χ1v) is 12.7. The second-order valence-electron chi connectivity index (χ2n) is 11.9. The summed E-state index contributed by atoms with van der Waals surface area (Å²) >= 11 is 0. The molecule has 8 atom stereocenters. The zero-order valence-electron chi connectivity index (χ0n) is 19.4. The van der Waals surface area contributed by atoms with Gasteiger partial charge in [-0.15, -0.1) is 0 Å². The van der Waals surface area contributed by atoms with Gasteiger partial charge in [0.1, 0.15) is 0 Å². The Kier molecular flexibility index (Phi) is 5.95. The maximum Gasteiger partial charge on any atom is 0.330 e. The summed E-state index contributed by atoms with van der Waals surface area (Å²) in [5.74, 6) is 4.72. The first-order chi connectivity index (χ1) is 13.8. The van der Waals surface area contributed by atoms with Crippen molar-refractivity contribution in [2.45, 2.75) is 105 Å². The van der Waals surface area contributed by atoms with Gasteiger partial charge >= 0.3 is 5.97 Å². The van der Waals surface area contributed by atoms with Crippen LogP contribution in [0.25, 0.3) is 0 Å². The van der Waals surface area contributed by atoms with E-state index in [1.165, 1.54) is 64.2 Å². The SMILES string of the molecule is C/C(=C\CCC(C)C1CCC2C3CCC4CCCCC4(C)C3CCC12C)C(=O)O. The molecule has 4 fully saturated rings. The predicted molar refractivity (Wildman–Crippen MR) is 120 cm³/mol. The van der Waals surface area contributed by atoms with E-state index in [1.54, 1.807) is 6.92 Å². The highest BCUT2D eigenvalue weighted by molar-refractivity contribution is 5.85. The molecule has 2 nitrogen and oxygen atoms in total. The fourth-order valence-corrected chi connectivity index (χ4v) is 9.12. The molecule has 8 unspecified atom stereocenters. The van der Waals surface area contributed by atoms with Crippen molar-refractivity contribution in [3.8, 4) is 0 Å². The minimum Gasteiger partial charge on any atom is -0.478 e. The molecule has 0 radical (unpaired) electrons. The van der Waals surface area contributed by atoms with Crippen molar-refractivity contribution in [2.75, 3.05) is 0 Å². The number of hydrogen-bond donors (Lipinski definition) is 1. The monoisotopic (exact) mass is 400 g/mol. The molecule has 4 aliphatic rings. The number of carbonyl (C=O) groups is 1. The minimum atomic E-state index is -0.768. The molecule has 0 aliphatic heterocycles. The van der Waals surface area contributed by atoms with Gasteiger partial charge in [-0.3, -0.25) is 0 Å². The van der Waals surface area contributed by atoms with Crippen LogP contribution >= 0.6 is 0 Å². The molecule has 0 saturated heterocycles. The molecule has 0 amide bonds. The lowest BCUT2D eigenvalue weighted by molar-refractivity contribution is -0.132. The predicted octanol–water partition coefficient (Wildman–Crippen LogP) is 7.48. The third-order valence-corrected chi connectivity index (χ3v) is 10.8. The summed E-state index contributed by atoms with van der Waals surface area (Å²) in [6.45, 7) is 9.51. The minimum absolute atomic E-state index is 0.505. The van der Waals surface area contributed by atoms with Crippen molar-refractivity contribution < 1.29 is 9.90 Å². The van der Waals surface area contributed by atoms with E-state index in [2.05, 4.69) is 20.8 Å². The van der Waals surface area contributed by atoms with Crippen LogP contribution in [0.15, 0.2) is 11.6 Å². The van der Waals surface area contributed by atoms with Crippen LogP contribution in [0.4, 0.5) is 0 Å². The largest absolute Gasteiger partial charge is 0.478 e. The highest BCUT2D eigenvalue weighted by atomic mass is 16.4. The average Bonchev–Trinajstić information content (AvgIpc) is 3.04. The zero-order chi connectivity index (χ0) is 20.8. The Morgan fingerprint density at radius 1 is 1.00 bits per heavy atom. The fourth-order valence-electron chi connectivity index (χ4n) is 9.12. The first-order valence-electron chi connectivity index (χ1n) is 12.7. The second kappa shape index (κ2) is 8.04. The van der Waals surface area contributed by atoms with Crippen LogP contribution in [0, 0.1) is 46.3 Å². The maximum atomic E-state index is 11.1. The van der Waals surface area contributed by atoms with Crippen LogP contribution in [0.2, 0.25) is 0 Å². The van der Waals surface area contributed by atoms with Crippen molar-refractivity contribution in [3.05, 3.63) is 11.6 Å². The molecule has 0 aromatic rings. The van der Waals surface area contributed by atoms with E-state index in [0.29, 0.717) is 22.3 Å². The highest BCUT2D eigenvalue weighted by Crippen LogP contribution is 2.68. The molecule has 0 spiro atoms. The quantitative estimate of drug-likeness (QED) is 0.486. The number of carboxylic acid groups (broad SMARTS) is 1. The summed E-state index contributed by atoms with van der Waals surface area (Å²) in [4.78, 5) is 11.1. The van der Waals surface area contributed by atoms with Crippen molar-refractivity contribution in [2.24, 2.45) is 46.3 Å². The summed E-state index contributed by atoms with van der Waals surface area (Å²) in [7, 11) is 0. The van der Waals surface area contributed by atoms with Crippen LogP contribution in [-0.2, 0) is 4.79 Å². The summed E-state index contributed by atoms with van der Waals surface area (Å²) < 4.78 is 0. The zero-order valence-corrected chi connectivity index (χ0v) is 19.4. The smallest absolute Gasteiger partial charge is 0.330 e. The number of allylic oxidation sites excluding steroid dienone is 1. The van der Waals surface area contributed by atoms with Crippen LogP contribution in [0.1, 0.15) is 105 Å². The Labute approximate surface area is 178 Å². The first kappa shape index (κ1) is 21.4. The molecule has 4 saturated carbocycles. The molecule has 0 aromatic heterocycles. The molecule has 1 N–H and O–H groups in total. The van der Waals surface area contributed by atoms with Gasteiger partial charge in [-0.2, -0.15) is 0 Å². The lowest BCUT2D eigenvalue weighted by Crippen LogP contribution is -2.53. The van der Waals surface area contributed by atoms with Crippen LogP contribution in [0.5, 0.6) is 0 Å². The third kappa shape index (κ3) is 3.61. The maximum absolute atomic E-state index is 11.1. The van der Waals surface area contributed by atoms with E-state index in [4.69, 9.17) is 5.11 Å². The Hall–Kier alpha value is -0.790. The number of carboxylic acids is 1. The molecular weight excluding hydrogens is 356 g/mol. The number of aliphatic carboxylic acids is 1. The Morgan fingerprint density at radius 3 is 2.52 bits per heavy atom. The Bertz CT molecular complexity index is 651. The van der Waals surface area contributed by atoms with Crippen LogP contribution in [-0.4, -0.2) is 11.1 Å². The van der Waals surface area contributed by atoms with Gasteiger partial charge in [0.2, 0.25) is 0 Å². The molecule has 29 heavy (non-hydrogen) atoms. The van der Waals surface area contributed by atoms with Crippen LogP contribution < -0.4 is 0 Å². The van der Waals surface area contributed by atoms with E-state index >= 15 is 0 Å². The molecule has 4 aliphatic carbocycles. The molecule has 164 valence electrons. The standard InChI is InChI=1S/C27H44O2/c1-18(8-7-9-19(2)25(28)29)22-13-14-23-21-12-11-20-10-5-6-16-26(20,3)24(21)15-17-27(22,23)4/h9,18,20-24H,5-8,10-17H2,1-4H3,(H,28,29)/b19-9+. The van der Waals surface area contributed by atoms with Gasteiger partial charge in [0.25, 0.3) is 0 Å². The van der Waals surface area contributed by atoms with Crippen LogP contribution in [0.3, 0.4) is 0 Å². The van der Waals surface area contributed by atoms with E-state index in [1.807, 2.05) is 6.08 Å². The van der Waals surface area contributed by atoms with Crippen molar-refractivity contribution >= 4 is 5.97 Å². The topological polar surface area (TPSA) is 37.3 Å². The second-order valence-corrected chi connectivity index (χ2v) is 11.9. The third-order valence-electron chi connectivity index (χ3n) is 10.8.